The van der Waals surface area contributed by atoms with E-state index in [2.05, 4.69) is 29.4 Å². The van der Waals surface area contributed by atoms with Crippen LogP contribution in [0.3, 0.4) is 0 Å². The smallest absolute Gasteiger partial charge is 0.410 e. The number of likely N-dealkylation sites (tertiary alicyclic amines) is 1. The number of nitrogens with one attached hydrogen (secondary N) is 1. The summed E-state index contributed by atoms with van der Waals surface area (Å²) in [5.41, 5.74) is 3.61. The molecule has 0 atom stereocenters. The van der Waals surface area contributed by atoms with Gasteiger partial charge in [-0.1, -0.05) is 6.07 Å². The molecule has 1 N–H and O–H groups in total. The summed E-state index contributed by atoms with van der Waals surface area (Å²) in [6, 6.07) is 6.85. The fourth-order valence-electron chi connectivity index (χ4n) is 4.48. The molecular weight excluding hydrogens is 352 g/mol. The Labute approximate surface area is 167 Å². The fourth-order valence-corrected chi connectivity index (χ4v) is 4.48. The second-order valence-electron chi connectivity index (χ2n) is 9.18. The molecule has 0 radical (unpaired) electrons. The summed E-state index contributed by atoms with van der Waals surface area (Å²) in [5, 5.41) is 1.36. The van der Waals surface area contributed by atoms with Gasteiger partial charge in [0.1, 0.15) is 5.60 Å². The molecule has 0 bridgehead atoms. The number of H-pyrrole nitrogens is 1. The van der Waals surface area contributed by atoms with Gasteiger partial charge < -0.3 is 19.4 Å². The Kier molecular flexibility index (Phi) is 5.37. The first-order valence-electron chi connectivity index (χ1n) is 10.6. The van der Waals surface area contributed by atoms with Crippen LogP contribution in [-0.4, -0.2) is 47.9 Å². The Morgan fingerprint density at radius 1 is 1.11 bits per heavy atom. The maximum absolute atomic E-state index is 12.3. The number of aromatic amines is 1. The van der Waals surface area contributed by atoms with Crippen LogP contribution in [0.15, 0.2) is 24.4 Å². The molecule has 0 saturated carbocycles. The number of carbonyl (C=O) groups is 1. The summed E-state index contributed by atoms with van der Waals surface area (Å²) < 4.78 is 11.1. The van der Waals surface area contributed by atoms with E-state index >= 15 is 0 Å². The first kappa shape index (κ1) is 19.3. The standard InChI is InChI=1S/C23H32N2O3/c1-23(2,3)28-22(26)25-10-6-16(7-11-25)18-4-5-21-19(14-18)20(15-24-21)17-8-12-27-13-9-17/h4-5,14-17,24H,6-13H2,1-3H3. The molecule has 4 rings (SSSR count). The third kappa shape index (κ3) is 4.19. The molecule has 152 valence electrons. The minimum atomic E-state index is -0.437. The van der Waals surface area contributed by atoms with Crippen LogP contribution in [0.25, 0.3) is 10.9 Å². The first-order chi connectivity index (χ1) is 13.4. The van der Waals surface area contributed by atoms with Gasteiger partial charge in [-0.3, -0.25) is 0 Å². The molecule has 2 saturated heterocycles. The number of carbonyl (C=O) groups excluding carboxylic acids is 1. The minimum Gasteiger partial charge on any atom is -0.444 e. The Bertz CT molecular complexity index is 822. The second kappa shape index (κ2) is 7.78. The molecular formula is C23H32N2O3. The number of rotatable bonds is 2. The second-order valence-corrected chi connectivity index (χ2v) is 9.18. The van der Waals surface area contributed by atoms with E-state index in [0.717, 1.165) is 52.0 Å². The van der Waals surface area contributed by atoms with E-state index in [0.29, 0.717) is 11.8 Å². The summed E-state index contributed by atoms with van der Waals surface area (Å²) in [4.78, 5) is 17.6. The Morgan fingerprint density at radius 2 is 1.82 bits per heavy atom. The van der Waals surface area contributed by atoms with Gasteiger partial charge in [0.05, 0.1) is 0 Å². The van der Waals surface area contributed by atoms with Crippen molar-refractivity contribution in [2.24, 2.45) is 0 Å². The monoisotopic (exact) mass is 384 g/mol. The van der Waals surface area contributed by atoms with Crippen LogP contribution in [0.5, 0.6) is 0 Å². The number of aromatic nitrogens is 1. The van der Waals surface area contributed by atoms with Gasteiger partial charge in [-0.05, 0) is 81.5 Å². The number of piperidine rings is 1. The van der Waals surface area contributed by atoms with E-state index in [9.17, 15) is 4.79 Å². The summed E-state index contributed by atoms with van der Waals surface area (Å²) in [7, 11) is 0. The molecule has 28 heavy (non-hydrogen) atoms. The van der Waals surface area contributed by atoms with Crippen LogP contribution in [0.2, 0.25) is 0 Å². The topological polar surface area (TPSA) is 54.6 Å². The zero-order valence-electron chi connectivity index (χ0n) is 17.3. The molecule has 1 aromatic carbocycles. The zero-order chi connectivity index (χ0) is 19.7. The van der Waals surface area contributed by atoms with Crippen LogP contribution in [0, 0.1) is 0 Å². The lowest BCUT2D eigenvalue weighted by atomic mass is 9.86. The van der Waals surface area contributed by atoms with E-state index < -0.39 is 5.60 Å². The van der Waals surface area contributed by atoms with Crippen LogP contribution < -0.4 is 0 Å². The number of fused-ring (bicyclic) bond motifs is 1. The van der Waals surface area contributed by atoms with E-state index in [1.54, 1.807) is 0 Å². The third-order valence-corrected chi connectivity index (χ3v) is 6.02. The van der Waals surface area contributed by atoms with Crippen molar-refractivity contribution >= 4 is 17.0 Å². The average molecular weight is 385 g/mol. The first-order valence-corrected chi connectivity index (χ1v) is 10.6. The van der Waals surface area contributed by atoms with Crippen molar-refractivity contribution in [3.8, 4) is 0 Å². The molecule has 5 nitrogen and oxygen atoms in total. The number of nitrogens with zero attached hydrogens (tertiary/aromatic N) is 1. The van der Waals surface area contributed by atoms with Crippen molar-refractivity contribution < 1.29 is 14.3 Å². The average Bonchev–Trinajstić information content (AvgIpc) is 3.11. The molecule has 0 spiro atoms. The highest BCUT2D eigenvalue weighted by molar-refractivity contribution is 5.84. The van der Waals surface area contributed by atoms with Crippen molar-refractivity contribution in [2.45, 2.75) is 63.9 Å². The summed E-state index contributed by atoms with van der Waals surface area (Å²) >= 11 is 0. The fraction of sp³-hybridized carbons (Fsp3) is 0.609. The minimum absolute atomic E-state index is 0.186. The van der Waals surface area contributed by atoms with Crippen molar-refractivity contribution in [3.63, 3.8) is 0 Å². The molecule has 0 unspecified atom stereocenters. The highest BCUT2D eigenvalue weighted by Gasteiger charge is 2.28. The molecule has 1 amide bonds. The summed E-state index contributed by atoms with van der Waals surface area (Å²) in [6.45, 7) is 8.99. The largest absolute Gasteiger partial charge is 0.444 e. The molecule has 3 heterocycles. The van der Waals surface area contributed by atoms with Crippen molar-refractivity contribution in [2.75, 3.05) is 26.3 Å². The molecule has 0 aliphatic carbocycles. The highest BCUT2D eigenvalue weighted by Crippen LogP contribution is 2.36. The molecule has 2 aromatic rings. The zero-order valence-corrected chi connectivity index (χ0v) is 17.3. The quantitative estimate of drug-likeness (QED) is 0.776. The van der Waals surface area contributed by atoms with Gasteiger partial charge in [0.15, 0.2) is 0 Å². The van der Waals surface area contributed by atoms with Gasteiger partial charge in [0.25, 0.3) is 0 Å². The number of ether oxygens (including phenoxy) is 2. The molecule has 2 aliphatic rings. The van der Waals surface area contributed by atoms with Gasteiger partial charge in [0, 0.05) is 43.4 Å². The predicted octanol–water partition coefficient (Wildman–Crippen LogP) is 5.18. The van der Waals surface area contributed by atoms with Crippen LogP contribution in [0.4, 0.5) is 4.79 Å². The highest BCUT2D eigenvalue weighted by atomic mass is 16.6. The lowest BCUT2D eigenvalue weighted by molar-refractivity contribution is 0.0205. The molecule has 2 aliphatic heterocycles. The molecule has 5 heteroatoms. The lowest BCUT2D eigenvalue weighted by Gasteiger charge is -2.33. The van der Waals surface area contributed by atoms with E-state index in [4.69, 9.17) is 9.47 Å². The van der Waals surface area contributed by atoms with Gasteiger partial charge in [-0.15, -0.1) is 0 Å². The Morgan fingerprint density at radius 3 is 2.50 bits per heavy atom. The summed E-state index contributed by atoms with van der Waals surface area (Å²) in [6.07, 6.45) is 6.18. The van der Waals surface area contributed by atoms with Crippen molar-refractivity contribution in [3.05, 3.63) is 35.5 Å². The third-order valence-electron chi connectivity index (χ3n) is 6.02. The van der Waals surface area contributed by atoms with Crippen molar-refractivity contribution in [1.29, 1.82) is 0 Å². The normalized spacial score (nSPS) is 19.9. The van der Waals surface area contributed by atoms with E-state index in [-0.39, 0.29) is 6.09 Å². The SMILES string of the molecule is CC(C)(C)OC(=O)N1CCC(c2ccc3[nH]cc(C4CCOCC4)c3c2)CC1. The molecule has 1 aromatic heterocycles. The number of hydrogen-bond acceptors (Lipinski definition) is 3. The number of amides is 1. The predicted molar refractivity (Wildman–Crippen MR) is 111 cm³/mol. The Balaban J connectivity index is 1.46. The van der Waals surface area contributed by atoms with Crippen molar-refractivity contribution in [1.82, 2.24) is 9.88 Å². The van der Waals surface area contributed by atoms with E-state index in [1.165, 1.54) is 22.0 Å². The van der Waals surface area contributed by atoms with Gasteiger partial charge >= 0.3 is 6.09 Å². The van der Waals surface area contributed by atoms with Gasteiger partial charge in [-0.2, -0.15) is 0 Å². The lowest BCUT2D eigenvalue weighted by Crippen LogP contribution is -2.41. The van der Waals surface area contributed by atoms with Crippen LogP contribution >= 0.6 is 0 Å². The molecule has 2 fully saturated rings. The number of benzene rings is 1. The maximum atomic E-state index is 12.3. The van der Waals surface area contributed by atoms with E-state index in [1.807, 2.05) is 25.7 Å². The summed E-state index contributed by atoms with van der Waals surface area (Å²) in [5.74, 6) is 1.09. The Hall–Kier alpha value is -2.01. The number of hydrogen-bond donors (Lipinski definition) is 1. The van der Waals surface area contributed by atoms with Gasteiger partial charge in [0.2, 0.25) is 0 Å². The van der Waals surface area contributed by atoms with Crippen LogP contribution in [0.1, 0.15) is 69.4 Å². The maximum Gasteiger partial charge on any atom is 0.410 e. The van der Waals surface area contributed by atoms with Gasteiger partial charge in [-0.25, -0.2) is 4.79 Å². The van der Waals surface area contributed by atoms with Crippen LogP contribution in [-0.2, 0) is 9.47 Å².